The number of rotatable bonds is 5. The number of amides is 3. The SMILES string of the molecule is Cc1cc(Cl)cc(-c2ncnn3cc(CN4C(=O)C5C(C4=O)C5(C)C)cc23)c1CN1CCN(C(=O)OC(C)(C)C)C[C@@H]1C. The molecule has 6 rings (SSSR count). The molecule has 3 aromatic rings. The van der Waals surface area contributed by atoms with Crippen LogP contribution in [0.5, 0.6) is 0 Å². The lowest BCUT2D eigenvalue weighted by atomic mass is 9.97. The second-order valence-electron chi connectivity index (χ2n) is 13.8. The molecule has 2 aliphatic heterocycles. The molecule has 2 unspecified atom stereocenters. The summed E-state index contributed by atoms with van der Waals surface area (Å²) in [5.41, 5.74) is 4.58. The van der Waals surface area contributed by atoms with E-state index in [-0.39, 0.29) is 47.7 Å². The second kappa shape index (κ2) is 10.3. The van der Waals surface area contributed by atoms with Crippen LogP contribution in [-0.2, 0) is 27.4 Å². The van der Waals surface area contributed by atoms with Crippen LogP contribution in [0.4, 0.5) is 4.79 Å². The maximum Gasteiger partial charge on any atom is 0.410 e. The van der Waals surface area contributed by atoms with E-state index in [9.17, 15) is 14.4 Å². The standard InChI is InChI=1S/C32H39ClN6O4/c1-18-10-21(33)12-22(23(18)16-36-8-9-37(13-19(36)2)30(42)43-31(3,4)5)27-24-11-20(15-39(24)35-17-34-27)14-38-28(40)25-26(29(38)41)32(25,6)7/h10-12,15,17,19,25-26H,8-9,13-14,16H2,1-7H3/t19-,25?,26?/m0/s1. The molecule has 0 bridgehead atoms. The normalized spacial score (nSPS) is 23.7. The molecule has 4 heterocycles. The van der Waals surface area contributed by atoms with Gasteiger partial charge < -0.3 is 9.64 Å². The zero-order valence-electron chi connectivity index (χ0n) is 25.8. The summed E-state index contributed by atoms with van der Waals surface area (Å²) < 4.78 is 7.34. The summed E-state index contributed by atoms with van der Waals surface area (Å²) in [5, 5.41) is 5.03. The van der Waals surface area contributed by atoms with Crippen LogP contribution in [0.15, 0.2) is 30.7 Å². The van der Waals surface area contributed by atoms with E-state index in [1.54, 1.807) is 9.42 Å². The molecule has 1 aliphatic carbocycles. The van der Waals surface area contributed by atoms with E-state index in [4.69, 9.17) is 16.3 Å². The van der Waals surface area contributed by atoms with Crippen LogP contribution in [-0.4, -0.2) is 78.5 Å². The fourth-order valence-electron chi connectivity index (χ4n) is 6.74. The number of ether oxygens (including phenoxy) is 1. The number of hydrogen-bond donors (Lipinski definition) is 0. The minimum absolute atomic E-state index is 0.0878. The number of halogens is 1. The van der Waals surface area contributed by atoms with Gasteiger partial charge in [0.1, 0.15) is 11.9 Å². The fraction of sp³-hybridized carbons (Fsp3) is 0.531. The summed E-state index contributed by atoms with van der Waals surface area (Å²) >= 11 is 6.59. The summed E-state index contributed by atoms with van der Waals surface area (Å²) in [6.45, 7) is 16.5. The first-order chi connectivity index (χ1) is 20.2. The minimum Gasteiger partial charge on any atom is -0.444 e. The summed E-state index contributed by atoms with van der Waals surface area (Å²) in [4.78, 5) is 48.8. The fourth-order valence-corrected chi connectivity index (χ4v) is 7.01. The molecule has 0 N–H and O–H groups in total. The van der Waals surface area contributed by atoms with Gasteiger partial charge in [-0.25, -0.2) is 14.3 Å². The number of aromatic nitrogens is 3. The van der Waals surface area contributed by atoms with Crippen molar-refractivity contribution in [1.82, 2.24) is 29.3 Å². The Morgan fingerprint density at radius 3 is 2.44 bits per heavy atom. The van der Waals surface area contributed by atoms with Gasteiger partial charge in [-0.15, -0.1) is 0 Å². The van der Waals surface area contributed by atoms with Gasteiger partial charge in [-0.05, 0) is 74.9 Å². The summed E-state index contributed by atoms with van der Waals surface area (Å²) in [6.07, 6.45) is 3.08. The van der Waals surface area contributed by atoms with E-state index in [1.807, 2.05) is 65.9 Å². The smallest absolute Gasteiger partial charge is 0.410 e. The molecule has 2 aromatic heterocycles. The molecule has 43 heavy (non-hydrogen) atoms. The van der Waals surface area contributed by atoms with Gasteiger partial charge in [-0.3, -0.25) is 19.4 Å². The van der Waals surface area contributed by atoms with E-state index in [1.165, 1.54) is 11.2 Å². The van der Waals surface area contributed by atoms with Gasteiger partial charge in [-0.2, -0.15) is 5.10 Å². The van der Waals surface area contributed by atoms with Crippen LogP contribution in [0.3, 0.4) is 0 Å². The van der Waals surface area contributed by atoms with Gasteiger partial charge in [0, 0.05) is 49.0 Å². The van der Waals surface area contributed by atoms with Crippen molar-refractivity contribution < 1.29 is 19.1 Å². The lowest BCUT2D eigenvalue weighted by Crippen LogP contribution is -2.54. The van der Waals surface area contributed by atoms with E-state index >= 15 is 0 Å². The van der Waals surface area contributed by atoms with Gasteiger partial charge in [0.15, 0.2) is 0 Å². The zero-order chi connectivity index (χ0) is 31.0. The number of aryl methyl sites for hydroxylation is 1. The average molecular weight is 607 g/mol. The molecule has 0 radical (unpaired) electrons. The van der Waals surface area contributed by atoms with Crippen molar-refractivity contribution in [3.8, 4) is 11.3 Å². The lowest BCUT2D eigenvalue weighted by Gasteiger charge is -2.40. The molecule has 0 spiro atoms. The van der Waals surface area contributed by atoms with Gasteiger partial charge in [0.2, 0.25) is 11.8 Å². The maximum absolute atomic E-state index is 13.0. The van der Waals surface area contributed by atoms with Crippen molar-refractivity contribution in [2.75, 3.05) is 19.6 Å². The third kappa shape index (κ3) is 5.29. The Balaban J connectivity index is 1.26. The molecule has 3 atom stereocenters. The minimum atomic E-state index is -0.537. The number of fused-ring (bicyclic) bond motifs is 2. The van der Waals surface area contributed by atoms with Gasteiger partial charge in [0.25, 0.3) is 0 Å². The van der Waals surface area contributed by atoms with E-state index in [0.29, 0.717) is 31.2 Å². The second-order valence-corrected chi connectivity index (χ2v) is 14.3. The summed E-state index contributed by atoms with van der Waals surface area (Å²) in [5.74, 6) is -0.596. The molecular formula is C32H39ClN6O4. The molecule has 2 saturated heterocycles. The number of piperazine rings is 1. The quantitative estimate of drug-likeness (QED) is 0.379. The number of piperidine rings is 1. The van der Waals surface area contributed by atoms with Gasteiger partial charge in [0.05, 0.1) is 29.6 Å². The number of nitrogens with zero attached hydrogens (tertiary/aromatic N) is 6. The predicted molar refractivity (Wildman–Crippen MR) is 162 cm³/mol. The van der Waals surface area contributed by atoms with Crippen molar-refractivity contribution in [1.29, 1.82) is 0 Å². The van der Waals surface area contributed by atoms with Crippen LogP contribution in [0.2, 0.25) is 5.02 Å². The largest absolute Gasteiger partial charge is 0.444 e. The van der Waals surface area contributed by atoms with E-state index in [2.05, 4.69) is 21.9 Å². The Labute approximate surface area is 256 Å². The van der Waals surface area contributed by atoms with Gasteiger partial charge >= 0.3 is 6.09 Å². The summed E-state index contributed by atoms with van der Waals surface area (Å²) in [7, 11) is 0. The highest BCUT2D eigenvalue weighted by Gasteiger charge is 2.72. The molecule has 1 saturated carbocycles. The molecule has 10 nitrogen and oxygen atoms in total. The van der Waals surface area contributed by atoms with Crippen molar-refractivity contribution in [2.24, 2.45) is 17.3 Å². The first-order valence-corrected chi connectivity index (χ1v) is 15.2. The molecular weight excluding hydrogens is 568 g/mol. The predicted octanol–water partition coefficient (Wildman–Crippen LogP) is 4.94. The summed E-state index contributed by atoms with van der Waals surface area (Å²) in [6, 6.07) is 5.96. The van der Waals surface area contributed by atoms with Crippen molar-refractivity contribution >= 4 is 35.0 Å². The Hall–Kier alpha value is -3.50. The third-order valence-electron chi connectivity index (χ3n) is 9.17. The number of likely N-dealkylation sites (tertiary alicyclic amines) is 1. The van der Waals surface area contributed by atoms with Crippen LogP contribution in [0.1, 0.15) is 58.2 Å². The zero-order valence-corrected chi connectivity index (χ0v) is 26.6. The third-order valence-corrected chi connectivity index (χ3v) is 9.38. The molecule has 3 aliphatic rings. The Morgan fingerprint density at radius 2 is 1.79 bits per heavy atom. The highest BCUT2D eigenvalue weighted by molar-refractivity contribution is 6.31. The molecule has 1 aromatic carbocycles. The first-order valence-electron chi connectivity index (χ1n) is 14.8. The number of benzene rings is 1. The number of carbonyl (C=O) groups is 3. The Morgan fingerprint density at radius 1 is 1.09 bits per heavy atom. The lowest BCUT2D eigenvalue weighted by molar-refractivity contribution is -0.143. The first kappa shape index (κ1) is 29.6. The van der Waals surface area contributed by atoms with Crippen LogP contribution in [0, 0.1) is 24.2 Å². The highest BCUT2D eigenvalue weighted by atomic mass is 35.5. The molecule has 228 valence electrons. The van der Waals surface area contributed by atoms with Crippen molar-refractivity contribution in [2.45, 2.75) is 73.2 Å². The van der Waals surface area contributed by atoms with Crippen molar-refractivity contribution in [3.05, 3.63) is 52.4 Å². The number of carbonyl (C=O) groups excluding carboxylic acids is 3. The number of imide groups is 1. The van der Waals surface area contributed by atoms with Crippen LogP contribution in [0.25, 0.3) is 16.8 Å². The topological polar surface area (TPSA) is 100 Å². The van der Waals surface area contributed by atoms with E-state index < -0.39 is 5.60 Å². The highest BCUT2D eigenvalue weighted by Crippen LogP contribution is 2.63. The molecule has 3 amide bonds. The van der Waals surface area contributed by atoms with E-state index in [0.717, 1.165) is 33.5 Å². The van der Waals surface area contributed by atoms with Crippen molar-refractivity contribution in [3.63, 3.8) is 0 Å². The Bertz CT molecular complexity index is 1620. The Kier molecular flexibility index (Phi) is 7.08. The van der Waals surface area contributed by atoms with Crippen LogP contribution < -0.4 is 0 Å². The monoisotopic (exact) mass is 606 g/mol. The van der Waals surface area contributed by atoms with Crippen LogP contribution >= 0.6 is 11.6 Å². The average Bonchev–Trinajstić information content (AvgIpc) is 3.14. The molecule has 3 fully saturated rings. The van der Waals surface area contributed by atoms with Gasteiger partial charge in [-0.1, -0.05) is 25.4 Å². The molecule has 11 heteroatoms. The number of hydrogen-bond acceptors (Lipinski definition) is 7. The maximum atomic E-state index is 13.0.